The van der Waals surface area contributed by atoms with Crippen molar-refractivity contribution in [1.82, 2.24) is 0 Å². The molecule has 2 aliphatic rings. The Kier molecular flexibility index (Phi) is 2.88. The van der Waals surface area contributed by atoms with E-state index < -0.39 is 11.4 Å². The zero-order chi connectivity index (χ0) is 16.2. The van der Waals surface area contributed by atoms with Crippen molar-refractivity contribution in [3.8, 4) is 11.5 Å². The lowest BCUT2D eigenvalue weighted by Gasteiger charge is -2.37. The molecule has 0 N–H and O–H groups in total. The Hall–Kier alpha value is -2.26. The van der Waals surface area contributed by atoms with Crippen molar-refractivity contribution in [1.29, 1.82) is 0 Å². The van der Waals surface area contributed by atoms with Crippen molar-refractivity contribution >= 4 is 6.08 Å². The summed E-state index contributed by atoms with van der Waals surface area (Å²) in [4.78, 5) is 0. The van der Waals surface area contributed by atoms with Crippen LogP contribution in [0.5, 0.6) is 11.5 Å². The highest BCUT2D eigenvalue weighted by molar-refractivity contribution is 5.67. The first kappa shape index (κ1) is 14.3. The fraction of sp³-hybridized carbons (Fsp3) is 0.300. The van der Waals surface area contributed by atoms with Crippen LogP contribution in [0.3, 0.4) is 0 Å². The van der Waals surface area contributed by atoms with E-state index in [-0.39, 0.29) is 0 Å². The molecule has 3 heteroatoms. The fourth-order valence-corrected chi connectivity index (χ4v) is 3.56. The summed E-state index contributed by atoms with van der Waals surface area (Å²) in [7, 11) is 1.67. The minimum absolute atomic E-state index is 0.393. The van der Waals surface area contributed by atoms with Crippen LogP contribution in [0.1, 0.15) is 37.5 Å². The maximum Gasteiger partial charge on any atom is 0.261 e. The Morgan fingerprint density at radius 1 is 1.00 bits per heavy atom. The molecule has 1 spiro atoms. The van der Waals surface area contributed by atoms with Gasteiger partial charge in [-0.3, -0.25) is 0 Å². The predicted octanol–water partition coefficient (Wildman–Crippen LogP) is 4.61. The SMILES string of the molecule is COc1ccc2c(c1)C=C(C)C1(O2)OC(C)(C)c2ccccc21. The minimum Gasteiger partial charge on any atom is -0.497 e. The van der Waals surface area contributed by atoms with E-state index in [9.17, 15) is 0 Å². The van der Waals surface area contributed by atoms with Gasteiger partial charge in [0.25, 0.3) is 5.79 Å². The molecule has 1 atom stereocenters. The van der Waals surface area contributed by atoms with Gasteiger partial charge < -0.3 is 14.2 Å². The number of hydrogen-bond donors (Lipinski definition) is 0. The van der Waals surface area contributed by atoms with E-state index in [1.165, 1.54) is 5.56 Å². The van der Waals surface area contributed by atoms with Gasteiger partial charge in [0.2, 0.25) is 0 Å². The first-order chi connectivity index (χ1) is 11.0. The second kappa shape index (κ2) is 4.62. The van der Waals surface area contributed by atoms with Gasteiger partial charge in [0.15, 0.2) is 0 Å². The van der Waals surface area contributed by atoms with Crippen LogP contribution in [-0.4, -0.2) is 7.11 Å². The first-order valence-corrected chi connectivity index (χ1v) is 7.82. The third-order valence-electron chi connectivity index (χ3n) is 4.69. The average Bonchev–Trinajstić information content (AvgIpc) is 2.77. The quantitative estimate of drug-likeness (QED) is 0.770. The number of rotatable bonds is 1. The molecule has 0 radical (unpaired) electrons. The molecule has 2 aromatic rings. The second-order valence-corrected chi connectivity index (χ2v) is 6.61. The lowest BCUT2D eigenvalue weighted by molar-refractivity contribution is -0.209. The fourth-order valence-electron chi connectivity index (χ4n) is 3.56. The van der Waals surface area contributed by atoms with Crippen molar-refractivity contribution in [3.05, 3.63) is 64.7 Å². The third-order valence-corrected chi connectivity index (χ3v) is 4.69. The molecule has 23 heavy (non-hydrogen) atoms. The predicted molar refractivity (Wildman–Crippen MR) is 89.5 cm³/mol. The molecule has 0 bridgehead atoms. The van der Waals surface area contributed by atoms with Gasteiger partial charge in [-0.25, -0.2) is 0 Å². The molecule has 0 saturated carbocycles. The van der Waals surface area contributed by atoms with Gasteiger partial charge in [0.1, 0.15) is 11.5 Å². The molecule has 4 rings (SSSR count). The molecule has 0 aromatic heterocycles. The zero-order valence-corrected chi connectivity index (χ0v) is 13.8. The Morgan fingerprint density at radius 3 is 2.48 bits per heavy atom. The number of hydrogen-bond acceptors (Lipinski definition) is 3. The molecular weight excluding hydrogens is 288 g/mol. The van der Waals surface area contributed by atoms with Crippen LogP contribution < -0.4 is 9.47 Å². The highest BCUT2D eigenvalue weighted by Crippen LogP contribution is 2.53. The molecule has 2 aromatic carbocycles. The van der Waals surface area contributed by atoms with E-state index in [0.29, 0.717) is 0 Å². The topological polar surface area (TPSA) is 27.7 Å². The summed E-state index contributed by atoms with van der Waals surface area (Å²) in [6, 6.07) is 14.1. The minimum atomic E-state index is -0.846. The van der Waals surface area contributed by atoms with E-state index in [1.54, 1.807) is 7.11 Å². The van der Waals surface area contributed by atoms with Gasteiger partial charge in [0, 0.05) is 16.7 Å². The van der Waals surface area contributed by atoms with Crippen molar-refractivity contribution < 1.29 is 14.2 Å². The van der Waals surface area contributed by atoms with E-state index in [1.807, 2.05) is 30.3 Å². The molecular formula is C20H20O3. The van der Waals surface area contributed by atoms with Gasteiger partial charge in [0.05, 0.1) is 12.7 Å². The maximum atomic E-state index is 6.45. The number of benzene rings is 2. The Morgan fingerprint density at radius 2 is 1.74 bits per heavy atom. The molecule has 3 nitrogen and oxygen atoms in total. The highest BCUT2D eigenvalue weighted by Gasteiger charge is 2.53. The normalized spacial score (nSPS) is 23.7. The van der Waals surface area contributed by atoms with Crippen molar-refractivity contribution in [2.75, 3.05) is 7.11 Å². The smallest absolute Gasteiger partial charge is 0.261 e. The molecule has 2 heterocycles. The molecule has 1 unspecified atom stereocenters. The van der Waals surface area contributed by atoms with Crippen molar-refractivity contribution in [2.24, 2.45) is 0 Å². The summed E-state index contributed by atoms with van der Waals surface area (Å²) in [5.41, 5.74) is 3.91. The summed E-state index contributed by atoms with van der Waals surface area (Å²) >= 11 is 0. The summed E-state index contributed by atoms with van der Waals surface area (Å²) in [6.07, 6.45) is 2.12. The second-order valence-electron chi connectivity index (χ2n) is 6.61. The van der Waals surface area contributed by atoms with Gasteiger partial charge in [-0.15, -0.1) is 0 Å². The Labute approximate surface area is 136 Å². The standard InChI is InChI=1S/C20H20O3/c1-13-11-14-12-15(21-4)9-10-18(14)22-20(13)17-8-6-5-7-16(17)19(2,3)23-20/h5-12H,1-4H3. The molecule has 0 aliphatic carbocycles. The van der Waals surface area contributed by atoms with Crippen LogP contribution >= 0.6 is 0 Å². The Balaban J connectivity index is 1.89. The number of fused-ring (bicyclic) bond motifs is 3. The third kappa shape index (κ3) is 1.93. The van der Waals surface area contributed by atoms with Gasteiger partial charge >= 0.3 is 0 Å². The van der Waals surface area contributed by atoms with Crippen LogP contribution in [0.15, 0.2) is 48.0 Å². The van der Waals surface area contributed by atoms with Crippen LogP contribution in [0.4, 0.5) is 0 Å². The molecule has 0 saturated heterocycles. The number of ether oxygens (including phenoxy) is 3. The average molecular weight is 308 g/mol. The maximum absolute atomic E-state index is 6.45. The van der Waals surface area contributed by atoms with E-state index in [0.717, 1.165) is 28.2 Å². The largest absolute Gasteiger partial charge is 0.497 e. The van der Waals surface area contributed by atoms with Gasteiger partial charge in [-0.2, -0.15) is 0 Å². The Bertz CT molecular complexity index is 819. The van der Waals surface area contributed by atoms with Crippen LogP contribution in [-0.2, 0) is 16.1 Å². The van der Waals surface area contributed by atoms with E-state index in [2.05, 4.69) is 39.0 Å². The lowest BCUT2D eigenvalue weighted by Crippen LogP contribution is -2.38. The molecule has 2 aliphatic heterocycles. The highest BCUT2D eigenvalue weighted by atomic mass is 16.7. The summed E-state index contributed by atoms with van der Waals surface area (Å²) in [6.45, 7) is 6.22. The monoisotopic (exact) mass is 308 g/mol. The van der Waals surface area contributed by atoms with Crippen LogP contribution in [0.25, 0.3) is 6.08 Å². The van der Waals surface area contributed by atoms with E-state index >= 15 is 0 Å². The van der Waals surface area contributed by atoms with Crippen LogP contribution in [0, 0.1) is 0 Å². The zero-order valence-electron chi connectivity index (χ0n) is 13.8. The summed E-state index contributed by atoms with van der Waals surface area (Å²) in [5.74, 6) is 0.783. The molecule has 0 amide bonds. The van der Waals surface area contributed by atoms with Gasteiger partial charge in [-0.1, -0.05) is 24.3 Å². The number of methoxy groups -OCH3 is 1. The van der Waals surface area contributed by atoms with Gasteiger partial charge in [-0.05, 0) is 50.6 Å². The summed E-state index contributed by atoms with van der Waals surface area (Å²) in [5, 5.41) is 0. The lowest BCUT2D eigenvalue weighted by atomic mass is 9.89. The first-order valence-electron chi connectivity index (χ1n) is 7.82. The van der Waals surface area contributed by atoms with Crippen molar-refractivity contribution in [3.63, 3.8) is 0 Å². The van der Waals surface area contributed by atoms with Crippen LogP contribution in [0.2, 0.25) is 0 Å². The summed E-state index contributed by atoms with van der Waals surface area (Å²) < 4.78 is 18.2. The van der Waals surface area contributed by atoms with E-state index in [4.69, 9.17) is 14.2 Å². The van der Waals surface area contributed by atoms with Crippen molar-refractivity contribution in [2.45, 2.75) is 32.2 Å². The molecule has 118 valence electrons. The molecule has 0 fully saturated rings.